The molecule has 6 nitrogen and oxygen atoms in total. The van der Waals surface area contributed by atoms with E-state index in [0.717, 1.165) is 5.56 Å². The van der Waals surface area contributed by atoms with Crippen LogP contribution in [0.3, 0.4) is 0 Å². The van der Waals surface area contributed by atoms with E-state index in [1.165, 1.54) is 36.7 Å². The topological polar surface area (TPSA) is 95.4 Å². The van der Waals surface area contributed by atoms with Gasteiger partial charge < -0.3 is 10.1 Å². The van der Waals surface area contributed by atoms with Crippen LogP contribution in [-0.4, -0.2) is 31.4 Å². The highest BCUT2D eigenvalue weighted by molar-refractivity contribution is 7.93. The fourth-order valence-electron chi connectivity index (χ4n) is 2.13. The zero-order valence-corrected chi connectivity index (χ0v) is 13.7. The number of H-pyrrole nitrogens is 1. The van der Waals surface area contributed by atoms with Gasteiger partial charge in [0.1, 0.15) is 17.3 Å². The predicted molar refractivity (Wildman–Crippen MR) is 91.2 cm³/mol. The van der Waals surface area contributed by atoms with Crippen molar-refractivity contribution in [2.24, 2.45) is 4.36 Å². The Balaban J connectivity index is 1.91. The highest BCUT2D eigenvalue weighted by Gasteiger charge is 2.14. The van der Waals surface area contributed by atoms with Crippen LogP contribution in [0.5, 0.6) is 5.75 Å². The molecule has 1 heterocycles. The van der Waals surface area contributed by atoms with Crippen LogP contribution in [0.1, 0.15) is 10.5 Å². The Hall–Kier alpha value is -2.93. The minimum absolute atomic E-state index is 0.0568. The van der Waals surface area contributed by atoms with Crippen LogP contribution < -0.4 is 0 Å². The molecule has 0 fully saturated rings. The summed E-state index contributed by atoms with van der Waals surface area (Å²) in [5, 5.41) is 9.29. The van der Waals surface area contributed by atoms with Crippen LogP contribution in [-0.2, 0) is 9.73 Å². The molecule has 1 unspecified atom stereocenters. The number of benzene rings is 2. The zero-order chi connectivity index (χ0) is 17.2. The lowest BCUT2D eigenvalue weighted by Crippen LogP contribution is -2.04. The Bertz CT molecular complexity index is 985. The van der Waals surface area contributed by atoms with Gasteiger partial charge in [-0.15, -0.1) is 0 Å². The third-order valence-electron chi connectivity index (χ3n) is 3.38. The van der Waals surface area contributed by atoms with Gasteiger partial charge in [0.05, 0.1) is 15.9 Å². The predicted octanol–water partition coefficient (Wildman–Crippen LogP) is 3.08. The molecule has 7 heteroatoms. The lowest BCUT2D eigenvalue weighted by atomic mass is 10.2. The molecule has 0 saturated heterocycles. The number of nitrogens with zero attached hydrogens (tertiary/aromatic N) is 2. The molecule has 3 rings (SSSR count). The quantitative estimate of drug-likeness (QED) is 0.765. The molecular formula is C17H15N3O3S. The summed E-state index contributed by atoms with van der Waals surface area (Å²) in [7, 11) is -2.91. The van der Waals surface area contributed by atoms with Gasteiger partial charge in [0, 0.05) is 16.7 Å². The second-order valence-electron chi connectivity index (χ2n) is 5.20. The summed E-state index contributed by atoms with van der Waals surface area (Å²) in [5.41, 5.74) is 1.01. The van der Waals surface area contributed by atoms with E-state index < -0.39 is 15.6 Å². The summed E-state index contributed by atoms with van der Waals surface area (Å²) in [5.74, 6) is -0.0343. The van der Waals surface area contributed by atoms with Crippen LogP contribution in [0.2, 0.25) is 0 Å². The molecule has 0 aliphatic rings. The summed E-state index contributed by atoms with van der Waals surface area (Å²) in [6.07, 6.45) is 2.76. The lowest BCUT2D eigenvalue weighted by Gasteiger charge is -2.03. The van der Waals surface area contributed by atoms with Crippen molar-refractivity contribution in [3.63, 3.8) is 0 Å². The average molecular weight is 341 g/mol. The fourth-order valence-corrected chi connectivity index (χ4v) is 3.29. The molecule has 0 aliphatic heterocycles. The highest BCUT2D eigenvalue weighted by Crippen LogP contribution is 2.18. The Morgan fingerprint density at radius 2 is 1.79 bits per heavy atom. The third-order valence-corrected chi connectivity index (χ3v) is 5.05. The number of carbonyl (C=O) groups excluding carboxylic acids is 1. The van der Waals surface area contributed by atoms with Gasteiger partial charge in [0.2, 0.25) is 0 Å². The molecule has 3 aromatic rings. The van der Waals surface area contributed by atoms with E-state index in [1.807, 2.05) is 30.3 Å². The summed E-state index contributed by atoms with van der Waals surface area (Å²) in [6.45, 7) is 0. The van der Waals surface area contributed by atoms with Crippen LogP contribution in [0.15, 0.2) is 70.1 Å². The second kappa shape index (κ2) is 6.29. The number of nitrogens with one attached hydrogen (secondary N) is 1. The van der Waals surface area contributed by atoms with Crippen molar-refractivity contribution in [2.45, 2.75) is 4.90 Å². The lowest BCUT2D eigenvalue weighted by molar-refractivity contribution is 0.100. The normalized spacial score (nSPS) is 13.2. The first-order valence-corrected chi connectivity index (χ1v) is 9.04. The standard InChI is InChI=1S/C17H15N3O3S/c1-24(23,14-9-7-13(21)8-10-14)20-17(22)15-11-18-16(19-15)12-5-3-2-4-6-12/h2-11,21H,1H3,(H,18,19). The summed E-state index contributed by atoms with van der Waals surface area (Å²) in [6, 6.07) is 15.1. The number of rotatable bonds is 3. The second-order valence-corrected chi connectivity index (χ2v) is 7.46. The maximum atomic E-state index is 12.7. The molecule has 1 amide bonds. The molecular weight excluding hydrogens is 326 g/mol. The molecule has 122 valence electrons. The largest absolute Gasteiger partial charge is 0.508 e. The van der Waals surface area contributed by atoms with E-state index in [9.17, 15) is 14.1 Å². The number of aromatic amines is 1. The van der Waals surface area contributed by atoms with Gasteiger partial charge >= 0.3 is 5.91 Å². The van der Waals surface area contributed by atoms with Crippen molar-refractivity contribution in [3.05, 3.63) is 66.5 Å². The van der Waals surface area contributed by atoms with Gasteiger partial charge in [-0.1, -0.05) is 30.3 Å². The summed E-state index contributed by atoms with van der Waals surface area (Å²) < 4.78 is 16.5. The van der Waals surface area contributed by atoms with Gasteiger partial charge in [0.25, 0.3) is 0 Å². The van der Waals surface area contributed by atoms with Crippen LogP contribution >= 0.6 is 0 Å². The Morgan fingerprint density at radius 3 is 2.46 bits per heavy atom. The van der Waals surface area contributed by atoms with Crippen molar-refractivity contribution < 1.29 is 14.1 Å². The molecule has 24 heavy (non-hydrogen) atoms. The minimum atomic E-state index is -2.91. The van der Waals surface area contributed by atoms with Crippen molar-refractivity contribution in [1.29, 1.82) is 0 Å². The fraction of sp³-hybridized carbons (Fsp3) is 0.0588. The zero-order valence-electron chi connectivity index (χ0n) is 12.8. The Morgan fingerprint density at radius 1 is 1.12 bits per heavy atom. The first-order chi connectivity index (χ1) is 11.5. The molecule has 0 radical (unpaired) electrons. The number of phenolic OH excluding ortho intramolecular Hbond substituents is 1. The first kappa shape index (κ1) is 15.9. The van der Waals surface area contributed by atoms with Crippen molar-refractivity contribution in [1.82, 2.24) is 9.97 Å². The van der Waals surface area contributed by atoms with Crippen LogP contribution in [0, 0.1) is 0 Å². The van der Waals surface area contributed by atoms with Crippen molar-refractivity contribution >= 4 is 15.6 Å². The molecule has 0 aliphatic carbocycles. The van der Waals surface area contributed by atoms with E-state index in [4.69, 9.17) is 0 Å². The van der Waals surface area contributed by atoms with Gasteiger partial charge in [-0.25, -0.2) is 9.19 Å². The van der Waals surface area contributed by atoms with E-state index in [-0.39, 0.29) is 11.4 Å². The van der Waals surface area contributed by atoms with Crippen molar-refractivity contribution in [3.8, 4) is 17.1 Å². The number of aromatic nitrogens is 2. The molecule has 0 spiro atoms. The maximum absolute atomic E-state index is 12.7. The number of carbonyl (C=O) groups is 1. The number of phenols is 1. The number of aromatic hydroxyl groups is 1. The van der Waals surface area contributed by atoms with E-state index in [1.54, 1.807) is 0 Å². The number of imidazole rings is 1. The van der Waals surface area contributed by atoms with Gasteiger partial charge in [-0.05, 0) is 24.3 Å². The molecule has 1 atom stereocenters. The third kappa shape index (κ3) is 3.36. The summed E-state index contributed by atoms with van der Waals surface area (Å²) >= 11 is 0. The molecule has 0 saturated carbocycles. The number of hydrogen-bond donors (Lipinski definition) is 2. The van der Waals surface area contributed by atoms with E-state index >= 15 is 0 Å². The molecule has 1 aromatic heterocycles. The molecule has 2 N–H and O–H groups in total. The maximum Gasteiger partial charge on any atom is 0.303 e. The van der Waals surface area contributed by atoms with Crippen LogP contribution in [0.4, 0.5) is 0 Å². The SMILES string of the molecule is CS(=O)(=NC(=O)c1cnc(-c2ccccc2)[nH]1)c1ccc(O)cc1. The van der Waals surface area contributed by atoms with Crippen LogP contribution in [0.25, 0.3) is 11.4 Å². The highest BCUT2D eigenvalue weighted by atomic mass is 32.2. The van der Waals surface area contributed by atoms with Gasteiger partial charge in [-0.3, -0.25) is 4.79 Å². The minimum Gasteiger partial charge on any atom is -0.508 e. The van der Waals surface area contributed by atoms with Gasteiger partial charge in [0.15, 0.2) is 0 Å². The Labute approximate surface area is 139 Å². The average Bonchev–Trinajstić information content (AvgIpc) is 3.06. The monoisotopic (exact) mass is 341 g/mol. The molecule has 0 bridgehead atoms. The Kier molecular flexibility index (Phi) is 4.18. The van der Waals surface area contributed by atoms with E-state index in [0.29, 0.717) is 10.7 Å². The first-order valence-electron chi connectivity index (χ1n) is 7.12. The summed E-state index contributed by atoms with van der Waals surface area (Å²) in [4.78, 5) is 19.7. The molecule has 2 aromatic carbocycles. The van der Waals surface area contributed by atoms with Crippen molar-refractivity contribution in [2.75, 3.05) is 6.26 Å². The number of hydrogen-bond acceptors (Lipinski definition) is 4. The smallest absolute Gasteiger partial charge is 0.303 e. The van der Waals surface area contributed by atoms with E-state index in [2.05, 4.69) is 14.3 Å². The number of amides is 1. The van der Waals surface area contributed by atoms with Gasteiger partial charge in [-0.2, -0.15) is 4.36 Å².